The molecule has 0 radical (unpaired) electrons. The Hall–Kier alpha value is -2.77. The van der Waals surface area contributed by atoms with Crippen molar-refractivity contribution in [3.8, 4) is 5.75 Å². The third kappa shape index (κ3) is 2.67. The van der Waals surface area contributed by atoms with E-state index in [4.69, 9.17) is 0 Å². The minimum absolute atomic E-state index is 0.00222. The first kappa shape index (κ1) is 15.1. The first-order valence-electron chi connectivity index (χ1n) is 6.91. The average Bonchev–Trinajstić information content (AvgIpc) is 2.93. The number of alkyl halides is 2. The summed E-state index contributed by atoms with van der Waals surface area (Å²) in [6.45, 7) is 0.198. The van der Waals surface area contributed by atoms with Crippen molar-refractivity contribution in [1.29, 1.82) is 0 Å². The van der Waals surface area contributed by atoms with Crippen LogP contribution in [0, 0.1) is 0 Å². The topological polar surface area (TPSA) is 69.0 Å². The first-order valence-corrected chi connectivity index (χ1v) is 6.91. The molecule has 1 aromatic heterocycles. The summed E-state index contributed by atoms with van der Waals surface area (Å²) >= 11 is 0. The minimum Gasteiger partial charge on any atom is -0.434 e. The predicted octanol–water partition coefficient (Wildman–Crippen LogP) is 2.76. The smallest absolute Gasteiger partial charge is 0.387 e. The summed E-state index contributed by atoms with van der Waals surface area (Å²) in [7, 11) is 0. The number of allylic oxidation sites excluding steroid dienone is 2. The standard InChI is InChI=1S/C15H14F2N4O2/c1-8-12(9(2)22)13(21-15(20-8)18-7-19-21)10-5-3-4-6-11(10)23-14(16)17/h3-7,13-14H,1-2H3,(H,18,19,20)/t13-/m0/s1. The maximum atomic E-state index is 12.7. The molecule has 1 atom stereocenters. The van der Waals surface area contributed by atoms with Gasteiger partial charge >= 0.3 is 6.61 Å². The van der Waals surface area contributed by atoms with Crippen molar-refractivity contribution in [2.45, 2.75) is 26.5 Å². The molecule has 3 rings (SSSR count). The Labute approximate surface area is 130 Å². The Morgan fingerprint density at radius 1 is 1.39 bits per heavy atom. The van der Waals surface area contributed by atoms with Crippen molar-refractivity contribution >= 4 is 11.7 Å². The summed E-state index contributed by atoms with van der Waals surface area (Å²) in [5.74, 6) is 0.250. The molecular formula is C15H14F2N4O2. The number of aromatic nitrogens is 3. The van der Waals surface area contributed by atoms with Crippen molar-refractivity contribution in [2.75, 3.05) is 5.32 Å². The lowest BCUT2D eigenvalue weighted by molar-refractivity contribution is -0.114. The van der Waals surface area contributed by atoms with E-state index in [0.717, 1.165) is 0 Å². The number of carbonyl (C=O) groups excluding carboxylic acids is 1. The molecule has 8 heteroatoms. The summed E-state index contributed by atoms with van der Waals surface area (Å²) in [5.41, 5.74) is 1.45. The molecule has 0 unspecified atom stereocenters. The molecule has 1 aromatic carbocycles. The number of benzene rings is 1. The first-order chi connectivity index (χ1) is 11.0. The number of ketones is 1. The number of hydrogen-bond donors (Lipinski definition) is 1. The van der Waals surface area contributed by atoms with Crippen LogP contribution in [-0.4, -0.2) is 27.2 Å². The quantitative estimate of drug-likeness (QED) is 0.938. The van der Waals surface area contributed by atoms with Gasteiger partial charge in [0.15, 0.2) is 5.78 Å². The maximum Gasteiger partial charge on any atom is 0.387 e. The van der Waals surface area contributed by atoms with E-state index in [0.29, 0.717) is 22.8 Å². The Morgan fingerprint density at radius 3 is 2.83 bits per heavy atom. The SMILES string of the molecule is CC(=O)C1=C(C)Nc2ncnn2[C@H]1c1ccccc1OC(F)F. The molecule has 0 bridgehead atoms. The van der Waals surface area contributed by atoms with Crippen LogP contribution in [0.25, 0.3) is 0 Å². The zero-order valence-electron chi connectivity index (χ0n) is 12.5. The summed E-state index contributed by atoms with van der Waals surface area (Å²) < 4.78 is 31.5. The van der Waals surface area contributed by atoms with Gasteiger partial charge < -0.3 is 10.1 Å². The second kappa shape index (κ2) is 5.79. The van der Waals surface area contributed by atoms with E-state index in [1.54, 1.807) is 25.1 Å². The normalized spacial score (nSPS) is 17.0. The van der Waals surface area contributed by atoms with Crippen LogP contribution in [0.1, 0.15) is 25.5 Å². The lowest BCUT2D eigenvalue weighted by atomic mass is 9.92. The van der Waals surface area contributed by atoms with Crippen LogP contribution >= 0.6 is 0 Å². The van der Waals surface area contributed by atoms with Gasteiger partial charge in [-0.2, -0.15) is 18.9 Å². The van der Waals surface area contributed by atoms with E-state index in [1.807, 2.05) is 0 Å². The van der Waals surface area contributed by atoms with Gasteiger partial charge in [-0.1, -0.05) is 18.2 Å². The third-order valence-electron chi connectivity index (χ3n) is 3.60. The van der Waals surface area contributed by atoms with Crippen LogP contribution in [0.15, 0.2) is 41.9 Å². The Balaban J connectivity index is 2.19. The van der Waals surface area contributed by atoms with Crippen molar-refractivity contribution < 1.29 is 18.3 Å². The number of ether oxygens (including phenoxy) is 1. The van der Waals surface area contributed by atoms with E-state index in [1.165, 1.54) is 24.0 Å². The van der Waals surface area contributed by atoms with E-state index in [9.17, 15) is 13.6 Å². The van der Waals surface area contributed by atoms with Gasteiger partial charge in [0, 0.05) is 16.8 Å². The number of rotatable bonds is 4. The molecule has 0 saturated heterocycles. The number of nitrogens with zero attached hydrogens (tertiary/aromatic N) is 3. The van der Waals surface area contributed by atoms with Gasteiger partial charge in [0.25, 0.3) is 0 Å². The molecule has 1 aliphatic heterocycles. The van der Waals surface area contributed by atoms with Gasteiger partial charge in [0.2, 0.25) is 5.95 Å². The molecule has 0 amide bonds. The van der Waals surface area contributed by atoms with Gasteiger partial charge in [-0.3, -0.25) is 4.79 Å². The van der Waals surface area contributed by atoms with Crippen LogP contribution in [-0.2, 0) is 4.79 Å². The maximum absolute atomic E-state index is 12.7. The van der Waals surface area contributed by atoms with Gasteiger partial charge in [-0.05, 0) is 19.9 Å². The van der Waals surface area contributed by atoms with Crippen molar-refractivity contribution in [3.05, 3.63) is 47.4 Å². The van der Waals surface area contributed by atoms with Crippen molar-refractivity contribution in [2.24, 2.45) is 0 Å². The van der Waals surface area contributed by atoms with Gasteiger partial charge in [0.05, 0.1) is 0 Å². The number of para-hydroxylation sites is 1. The van der Waals surface area contributed by atoms with Gasteiger partial charge in [-0.15, -0.1) is 0 Å². The van der Waals surface area contributed by atoms with Crippen LogP contribution in [0.3, 0.4) is 0 Å². The zero-order chi connectivity index (χ0) is 16.6. The van der Waals surface area contributed by atoms with Gasteiger partial charge in [0.1, 0.15) is 18.1 Å². The number of Topliss-reactive ketones (excluding diaryl/α,β-unsaturated/α-hetero) is 1. The monoisotopic (exact) mass is 320 g/mol. The number of carbonyl (C=O) groups is 1. The van der Waals surface area contributed by atoms with Crippen LogP contribution in [0.2, 0.25) is 0 Å². The molecule has 1 aliphatic rings. The van der Waals surface area contributed by atoms with E-state index < -0.39 is 12.7 Å². The molecule has 2 aromatic rings. The summed E-state index contributed by atoms with van der Waals surface area (Å²) in [6.07, 6.45) is 1.34. The largest absolute Gasteiger partial charge is 0.434 e. The molecule has 0 spiro atoms. The summed E-state index contributed by atoms with van der Waals surface area (Å²) in [5, 5.41) is 7.11. The Kier molecular flexibility index (Phi) is 3.81. The highest BCUT2D eigenvalue weighted by atomic mass is 19.3. The molecule has 120 valence electrons. The number of hydrogen-bond acceptors (Lipinski definition) is 5. The molecule has 1 N–H and O–H groups in total. The molecule has 6 nitrogen and oxygen atoms in total. The molecule has 2 heterocycles. The molecular weight excluding hydrogens is 306 g/mol. The van der Waals surface area contributed by atoms with E-state index in [-0.39, 0.29) is 11.5 Å². The lowest BCUT2D eigenvalue weighted by Gasteiger charge is -2.29. The second-order valence-electron chi connectivity index (χ2n) is 5.07. The highest BCUT2D eigenvalue weighted by Crippen LogP contribution is 2.39. The number of nitrogens with one attached hydrogen (secondary N) is 1. The van der Waals surface area contributed by atoms with Crippen LogP contribution in [0.5, 0.6) is 5.75 Å². The van der Waals surface area contributed by atoms with Crippen LogP contribution < -0.4 is 10.1 Å². The molecule has 0 saturated carbocycles. The number of anilines is 1. The zero-order valence-corrected chi connectivity index (χ0v) is 12.5. The second-order valence-corrected chi connectivity index (χ2v) is 5.07. The van der Waals surface area contributed by atoms with Crippen molar-refractivity contribution in [1.82, 2.24) is 14.8 Å². The van der Waals surface area contributed by atoms with Gasteiger partial charge in [-0.25, -0.2) is 4.68 Å². The lowest BCUT2D eigenvalue weighted by Crippen LogP contribution is -2.28. The summed E-state index contributed by atoms with van der Waals surface area (Å²) in [6, 6.07) is 5.68. The van der Waals surface area contributed by atoms with E-state index >= 15 is 0 Å². The van der Waals surface area contributed by atoms with E-state index in [2.05, 4.69) is 20.1 Å². The minimum atomic E-state index is -2.96. The average molecular weight is 320 g/mol. The summed E-state index contributed by atoms with van der Waals surface area (Å²) in [4.78, 5) is 16.2. The molecule has 23 heavy (non-hydrogen) atoms. The Bertz CT molecular complexity index is 785. The number of fused-ring (bicyclic) bond motifs is 1. The predicted molar refractivity (Wildman–Crippen MR) is 78.2 cm³/mol. The highest BCUT2D eigenvalue weighted by molar-refractivity contribution is 5.96. The Morgan fingerprint density at radius 2 is 2.13 bits per heavy atom. The van der Waals surface area contributed by atoms with Crippen LogP contribution in [0.4, 0.5) is 14.7 Å². The fourth-order valence-electron chi connectivity index (χ4n) is 2.74. The third-order valence-corrected chi connectivity index (χ3v) is 3.60. The fraction of sp³-hybridized carbons (Fsp3) is 0.267. The fourth-order valence-corrected chi connectivity index (χ4v) is 2.74. The number of halogens is 2. The highest BCUT2D eigenvalue weighted by Gasteiger charge is 2.33. The molecule has 0 fully saturated rings. The van der Waals surface area contributed by atoms with Crippen molar-refractivity contribution in [3.63, 3.8) is 0 Å². The molecule has 0 aliphatic carbocycles.